The normalized spacial score (nSPS) is 24.7. The second-order valence-corrected chi connectivity index (χ2v) is 8.17. The van der Waals surface area contributed by atoms with E-state index in [2.05, 4.69) is 20.8 Å². The molecule has 0 bridgehead atoms. The highest BCUT2D eigenvalue weighted by atomic mass is 32.2. The first kappa shape index (κ1) is 12.6. The molecule has 1 unspecified atom stereocenters. The van der Waals surface area contributed by atoms with Gasteiger partial charge in [-0.25, -0.2) is 8.42 Å². The van der Waals surface area contributed by atoms with Crippen molar-refractivity contribution in [3.63, 3.8) is 0 Å². The summed E-state index contributed by atoms with van der Waals surface area (Å²) in [4.78, 5) is 0.411. The molecule has 1 fully saturated rings. The second kappa shape index (κ2) is 3.84. The van der Waals surface area contributed by atoms with Crippen molar-refractivity contribution >= 4 is 9.84 Å². The highest BCUT2D eigenvalue weighted by molar-refractivity contribution is 7.90. The van der Waals surface area contributed by atoms with Crippen LogP contribution in [0.25, 0.3) is 0 Å². The quantitative estimate of drug-likeness (QED) is 0.809. The summed E-state index contributed by atoms with van der Waals surface area (Å²) >= 11 is 0. The third kappa shape index (κ3) is 2.71. The van der Waals surface area contributed by atoms with Crippen LogP contribution in [0.5, 0.6) is 0 Å². The van der Waals surface area contributed by atoms with Crippen LogP contribution in [0.3, 0.4) is 0 Å². The van der Waals surface area contributed by atoms with Gasteiger partial charge in [0.05, 0.1) is 4.90 Å². The SMILES string of the molecule is CC(C)(C)[C@@H]1CC1c1ccc(S(C)(=O)=O)cc1. The zero-order valence-electron chi connectivity index (χ0n) is 10.9. The molecule has 0 spiro atoms. The number of benzene rings is 1. The van der Waals surface area contributed by atoms with Gasteiger partial charge < -0.3 is 0 Å². The number of hydrogen-bond acceptors (Lipinski definition) is 2. The Labute approximate surface area is 104 Å². The highest BCUT2D eigenvalue weighted by Crippen LogP contribution is 2.56. The molecule has 2 atom stereocenters. The van der Waals surface area contributed by atoms with Gasteiger partial charge in [0, 0.05) is 6.26 Å². The summed E-state index contributed by atoms with van der Waals surface area (Å²) in [5, 5.41) is 0. The van der Waals surface area contributed by atoms with Gasteiger partial charge in [0.15, 0.2) is 9.84 Å². The van der Waals surface area contributed by atoms with Gasteiger partial charge in [-0.15, -0.1) is 0 Å². The Kier molecular flexibility index (Phi) is 2.85. The summed E-state index contributed by atoms with van der Waals surface area (Å²) in [7, 11) is -3.07. The Bertz CT molecular complexity index is 506. The van der Waals surface area contributed by atoms with Crippen molar-refractivity contribution in [3.05, 3.63) is 29.8 Å². The average molecular weight is 252 g/mol. The Morgan fingerprint density at radius 2 is 1.65 bits per heavy atom. The lowest BCUT2D eigenvalue weighted by molar-refractivity contribution is 0.343. The van der Waals surface area contributed by atoms with Gasteiger partial charge in [-0.3, -0.25) is 0 Å². The molecule has 1 aliphatic carbocycles. The third-order valence-corrected chi connectivity index (χ3v) is 4.77. The van der Waals surface area contributed by atoms with E-state index in [9.17, 15) is 8.42 Å². The molecule has 17 heavy (non-hydrogen) atoms. The minimum Gasteiger partial charge on any atom is -0.224 e. The first-order valence-electron chi connectivity index (χ1n) is 5.99. The molecule has 1 aromatic carbocycles. The van der Waals surface area contributed by atoms with Gasteiger partial charge >= 0.3 is 0 Å². The van der Waals surface area contributed by atoms with Crippen molar-refractivity contribution in [3.8, 4) is 0 Å². The van der Waals surface area contributed by atoms with Gasteiger partial charge in [0.25, 0.3) is 0 Å². The fourth-order valence-electron chi connectivity index (χ4n) is 2.48. The zero-order chi connectivity index (χ0) is 12.8. The topological polar surface area (TPSA) is 34.1 Å². The molecule has 0 saturated heterocycles. The lowest BCUT2D eigenvalue weighted by Crippen LogP contribution is -2.08. The summed E-state index contributed by atoms with van der Waals surface area (Å²) in [5.74, 6) is 1.34. The van der Waals surface area contributed by atoms with Crippen molar-refractivity contribution in [2.45, 2.75) is 38.0 Å². The van der Waals surface area contributed by atoms with Crippen molar-refractivity contribution in [1.82, 2.24) is 0 Å². The van der Waals surface area contributed by atoms with E-state index in [1.54, 1.807) is 12.1 Å². The molecular formula is C14H20O2S. The molecular weight excluding hydrogens is 232 g/mol. The van der Waals surface area contributed by atoms with Crippen LogP contribution in [0.4, 0.5) is 0 Å². The summed E-state index contributed by atoms with van der Waals surface area (Å²) in [6.45, 7) is 6.80. The van der Waals surface area contributed by atoms with Crippen LogP contribution in [-0.2, 0) is 9.84 Å². The van der Waals surface area contributed by atoms with Crippen LogP contribution in [0.2, 0.25) is 0 Å². The molecule has 2 nitrogen and oxygen atoms in total. The molecule has 3 heteroatoms. The first-order chi connectivity index (χ1) is 7.69. The third-order valence-electron chi connectivity index (χ3n) is 3.64. The largest absolute Gasteiger partial charge is 0.224 e. The minimum atomic E-state index is -3.07. The fraction of sp³-hybridized carbons (Fsp3) is 0.571. The monoisotopic (exact) mass is 252 g/mol. The number of hydrogen-bond donors (Lipinski definition) is 0. The van der Waals surface area contributed by atoms with E-state index in [1.807, 2.05) is 12.1 Å². The van der Waals surface area contributed by atoms with Crippen LogP contribution in [0.1, 0.15) is 38.7 Å². The molecule has 94 valence electrons. The summed E-state index contributed by atoms with van der Waals surface area (Å²) in [5.41, 5.74) is 1.62. The van der Waals surface area contributed by atoms with Crippen LogP contribution in [0, 0.1) is 11.3 Å². The predicted octanol–water partition coefficient (Wildman–Crippen LogP) is 3.24. The molecule has 0 aliphatic heterocycles. The van der Waals surface area contributed by atoms with E-state index in [-0.39, 0.29) is 0 Å². The molecule has 0 N–H and O–H groups in total. The van der Waals surface area contributed by atoms with E-state index < -0.39 is 9.84 Å². The Balaban J connectivity index is 2.17. The van der Waals surface area contributed by atoms with Gasteiger partial charge in [-0.05, 0) is 41.4 Å². The van der Waals surface area contributed by atoms with E-state index >= 15 is 0 Å². The molecule has 1 aliphatic rings. The molecule has 1 aromatic rings. The maximum atomic E-state index is 11.4. The molecule has 0 radical (unpaired) electrons. The number of sulfone groups is 1. The molecule has 0 aromatic heterocycles. The summed E-state index contributed by atoms with van der Waals surface area (Å²) in [6.07, 6.45) is 2.47. The van der Waals surface area contributed by atoms with E-state index in [1.165, 1.54) is 18.2 Å². The Hall–Kier alpha value is -0.830. The standard InChI is InChI=1S/C14H20O2S/c1-14(2,3)13-9-12(13)10-5-7-11(8-6-10)17(4,15)16/h5-8,12-13H,9H2,1-4H3/t12?,13-/m1/s1. The second-order valence-electron chi connectivity index (χ2n) is 6.16. The minimum absolute atomic E-state index is 0.347. The number of rotatable bonds is 2. The van der Waals surface area contributed by atoms with Gasteiger partial charge in [-0.1, -0.05) is 32.9 Å². The van der Waals surface area contributed by atoms with E-state index in [0.29, 0.717) is 16.2 Å². The zero-order valence-corrected chi connectivity index (χ0v) is 11.7. The maximum absolute atomic E-state index is 11.4. The lowest BCUT2D eigenvalue weighted by Gasteiger charge is -2.18. The van der Waals surface area contributed by atoms with Crippen molar-refractivity contribution in [2.24, 2.45) is 11.3 Å². The Morgan fingerprint density at radius 1 is 1.12 bits per heavy atom. The highest BCUT2D eigenvalue weighted by Gasteiger charge is 2.45. The first-order valence-corrected chi connectivity index (χ1v) is 7.89. The summed E-state index contributed by atoms with van der Waals surface area (Å²) in [6, 6.07) is 7.38. The molecule has 1 saturated carbocycles. The smallest absolute Gasteiger partial charge is 0.175 e. The lowest BCUT2D eigenvalue weighted by atomic mass is 9.88. The van der Waals surface area contributed by atoms with E-state index in [4.69, 9.17) is 0 Å². The van der Waals surface area contributed by atoms with E-state index in [0.717, 1.165) is 5.92 Å². The van der Waals surface area contributed by atoms with Crippen molar-refractivity contribution in [1.29, 1.82) is 0 Å². The Morgan fingerprint density at radius 3 is 2.00 bits per heavy atom. The van der Waals surface area contributed by atoms with Gasteiger partial charge in [0.2, 0.25) is 0 Å². The fourth-order valence-corrected chi connectivity index (χ4v) is 3.11. The van der Waals surface area contributed by atoms with Crippen LogP contribution >= 0.6 is 0 Å². The predicted molar refractivity (Wildman–Crippen MR) is 69.9 cm³/mol. The van der Waals surface area contributed by atoms with Crippen LogP contribution in [-0.4, -0.2) is 14.7 Å². The van der Waals surface area contributed by atoms with Crippen LogP contribution in [0.15, 0.2) is 29.2 Å². The van der Waals surface area contributed by atoms with Crippen LogP contribution < -0.4 is 0 Å². The van der Waals surface area contributed by atoms with Gasteiger partial charge in [0.1, 0.15) is 0 Å². The maximum Gasteiger partial charge on any atom is 0.175 e. The molecule has 0 amide bonds. The summed E-state index contributed by atoms with van der Waals surface area (Å²) < 4.78 is 22.7. The van der Waals surface area contributed by atoms with Crippen molar-refractivity contribution < 1.29 is 8.42 Å². The average Bonchev–Trinajstić information content (AvgIpc) is 2.95. The van der Waals surface area contributed by atoms with Crippen molar-refractivity contribution in [2.75, 3.05) is 6.26 Å². The molecule has 0 heterocycles. The molecule has 2 rings (SSSR count). The van der Waals surface area contributed by atoms with Gasteiger partial charge in [-0.2, -0.15) is 0 Å².